The average molecular weight is 249 g/mol. The average Bonchev–Trinajstić information content (AvgIpc) is 2.26. The van der Waals surface area contributed by atoms with Crippen LogP contribution in [0.3, 0.4) is 0 Å². The number of ether oxygens (including phenoxy) is 1. The maximum atomic E-state index is 13.0. The first-order valence-corrected chi connectivity index (χ1v) is 5.41. The van der Waals surface area contributed by atoms with Crippen molar-refractivity contribution in [1.82, 2.24) is 5.01 Å². The fourth-order valence-corrected chi connectivity index (χ4v) is 1.61. The fourth-order valence-electron chi connectivity index (χ4n) is 1.61. The maximum absolute atomic E-state index is 13.0. The van der Waals surface area contributed by atoms with E-state index >= 15 is 0 Å². The highest BCUT2D eigenvalue weighted by atomic mass is 19.3. The lowest BCUT2D eigenvalue weighted by Crippen LogP contribution is -2.49. The van der Waals surface area contributed by atoms with Crippen LogP contribution >= 0.6 is 0 Å². The standard InChI is InChI=1S/C10H17F2N3O2/c1-2-17-9(16)8(5-13)15(14)6-7-3-4-10(7,11)12/h5,7H,2-4,6,13-14H2,1H3/b8-5-. The van der Waals surface area contributed by atoms with E-state index < -0.39 is 17.8 Å². The van der Waals surface area contributed by atoms with E-state index in [1.165, 1.54) is 0 Å². The molecule has 0 aromatic rings. The van der Waals surface area contributed by atoms with Crippen LogP contribution in [0.2, 0.25) is 0 Å². The van der Waals surface area contributed by atoms with Crippen molar-refractivity contribution in [1.29, 1.82) is 0 Å². The van der Waals surface area contributed by atoms with Gasteiger partial charge in [-0.15, -0.1) is 0 Å². The molecule has 0 aromatic heterocycles. The Morgan fingerprint density at radius 3 is 2.65 bits per heavy atom. The Bertz CT molecular complexity index is 321. The maximum Gasteiger partial charge on any atom is 0.357 e. The number of rotatable bonds is 5. The van der Waals surface area contributed by atoms with E-state index in [0.717, 1.165) is 11.2 Å². The van der Waals surface area contributed by atoms with Crippen LogP contribution in [0.5, 0.6) is 0 Å². The summed E-state index contributed by atoms with van der Waals surface area (Å²) in [5.74, 6) is 1.30. The lowest BCUT2D eigenvalue weighted by atomic mass is 9.80. The van der Waals surface area contributed by atoms with Crippen molar-refractivity contribution in [2.45, 2.75) is 25.7 Å². The van der Waals surface area contributed by atoms with Gasteiger partial charge in [0.15, 0.2) is 5.70 Å². The van der Waals surface area contributed by atoms with Crippen LogP contribution in [0.15, 0.2) is 11.9 Å². The first-order valence-electron chi connectivity index (χ1n) is 5.41. The summed E-state index contributed by atoms with van der Waals surface area (Å²) in [4.78, 5) is 11.4. The molecule has 0 aliphatic heterocycles. The van der Waals surface area contributed by atoms with Crippen LogP contribution in [0.1, 0.15) is 19.8 Å². The van der Waals surface area contributed by atoms with Gasteiger partial charge in [0.05, 0.1) is 6.61 Å². The second-order valence-corrected chi connectivity index (χ2v) is 3.92. The van der Waals surface area contributed by atoms with Gasteiger partial charge in [-0.2, -0.15) is 0 Å². The molecule has 0 bridgehead atoms. The quantitative estimate of drug-likeness (QED) is 0.322. The minimum atomic E-state index is -2.70. The Morgan fingerprint density at radius 1 is 1.65 bits per heavy atom. The molecular formula is C10H17F2N3O2. The topological polar surface area (TPSA) is 81.6 Å². The molecule has 0 amide bonds. The van der Waals surface area contributed by atoms with Crippen LogP contribution in [0, 0.1) is 5.92 Å². The predicted octanol–water partition coefficient (Wildman–Crippen LogP) is 0.571. The SMILES string of the molecule is CCOC(=O)/C(=C/N)N(N)CC1CCC1(F)F. The third-order valence-electron chi connectivity index (χ3n) is 2.79. The highest BCUT2D eigenvalue weighted by Gasteiger charge is 2.48. The van der Waals surface area contributed by atoms with Gasteiger partial charge in [0.2, 0.25) is 0 Å². The van der Waals surface area contributed by atoms with Gasteiger partial charge in [-0.05, 0) is 13.3 Å². The second-order valence-electron chi connectivity index (χ2n) is 3.92. The number of carbonyl (C=O) groups excluding carboxylic acids is 1. The van der Waals surface area contributed by atoms with Crippen molar-refractivity contribution in [2.24, 2.45) is 17.5 Å². The van der Waals surface area contributed by atoms with Gasteiger partial charge in [0, 0.05) is 25.1 Å². The molecule has 0 aromatic carbocycles. The number of carbonyl (C=O) groups is 1. The highest BCUT2D eigenvalue weighted by molar-refractivity contribution is 5.87. The normalized spacial score (nSPS) is 22.8. The molecule has 1 saturated carbocycles. The zero-order valence-corrected chi connectivity index (χ0v) is 9.66. The van der Waals surface area contributed by atoms with Gasteiger partial charge in [-0.1, -0.05) is 0 Å². The van der Waals surface area contributed by atoms with E-state index in [1.54, 1.807) is 6.92 Å². The summed E-state index contributed by atoms with van der Waals surface area (Å²) in [6.07, 6.45) is 1.22. The molecule has 5 nitrogen and oxygen atoms in total. The van der Waals surface area contributed by atoms with Gasteiger partial charge in [0.25, 0.3) is 5.92 Å². The van der Waals surface area contributed by atoms with Crippen LogP contribution < -0.4 is 11.6 Å². The van der Waals surface area contributed by atoms with E-state index in [0.29, 0.717) is 6.42 Å². The molecule has 1 unspecified atom stereocenters. The van der Waals surface area contributed by atoms with E-state index in [2.05, 4.69) is 0 Å². The van der Waals surface area contributed by atoms with Crippen molar-refractivity contribution in [3.63, 3.8) is 0 Å². The first kappa shape index (κ1) is 13.7. The molecule has 98 valence electrons. The summed E-state index contributed by atoms with van der Waals surface area (Å²) in [5, 5.41) is 0.926. The van der Waals surface area contributed by atoms with Gasteiger partial charge in [-0.3, -0.25) is 0 Å². The third kappa shape index (κ3) is 3.06. The Morgan fingerprint density at radius 2 is 2.29 bits per heavy atom. The minimum Gasteiger partial charge on any atom is -0.461 e. The minimum absolute atomic E-state index is 0.102. The number of esters is 1. The first-order chi connectivity index (χ1) is 7.92. The number of hydrazine groups is 1. The Balaban J connectivity index is 2.56. The van der Waals surface area contributed by atoms with Crippen LogP contribution in [-0.2, 0) is 9.53 Å². The molecule has 1 rings (SSSR count). The third-order valence-corrected chi connectivity index (χ3v) is 2.79. The van der Waals surface area contributed by atoms with E-state index in [9.17, 15) is 13.6 Å². The molecule has 1 aliphatic rings. The fraction of sp³-hybridized carbons (Fsp3) is 0.700. The number of nitrogens with two attached hydrogens (primary N) is 2. The predicted molar refractivity (Wildman–Crippen MR) is 57.5 cm³/mol. The Labute approximate surface area is 98.3 Å². The summed E-state index contributed by atoms with van der Waals surface area (Å²) in [6, 6.07) is 0. The lowest BCUT2D eigenvalue weighted by molar-refractivity contribution is -0.147. The van der Waals surface area contributed by atoms with Crippen molar-refractivity contribution < 1.29 is 18.3 Å². The lowest BCUT2D eigenvalue weighted by Gasteiger charge is -2.38. The number of nitrogens with zero attached hydrogens (tertiary/aromatic N) is 1. The van der Waals surface area contributed by atoms with Gasteiger partial charge in [0.1, 0.15) is 0 Å². The van der Waals surface area contributed by atoms with Crippen LogP contribution in [0.4, 0.5) is 8.78 Å². The summed E-state index contributed by atoms with van der Waals surface area (Å²) < 4.78 is 30.8. The zero-order valence-electron chi connectivity index (χ0n) is 9.66. The van der Waals surface area contributed by atoms with Crippen molar-refractivity contribution in [2.75, 3.05) is 13.2 Å². The molecule has 1 atom stereocenters. The summed E-state index contributed by atoms with van der Waals surface area (Å²) in [6.45, 7) is 1.69. The zero-order chi connectivity index (χ0) is 13.1. The molecule has 0 heterocycles. The molecule has 1 fully saturated rings. The van der Waals surface area contributed by atoms with Crippen LogP contribution in [-0.4, -0.2) is 30.1 Å². The summed E-state index contributed by atoms with van der Waals surface area (Å²) >= 11 is 0. The van der Waals surface area contributed by atoms with Crippen molar-refractivity contribution in [3.05, 3.63) is 11.9 Å². The van der Waals surface area contributed by atoms with Gasteiger partial charge in [-0.25, -0.2) is 19.4 Å². The Kier molecular flexibility index (Phi) is 4.28. The van der Waals surface area contributed by atoms with E-state index in [-0.39, 0.29) is 25.3 Å². The number of hydrogen-bond acceptors (Lipinski definition) is 5. The van der Waals surface area contributed by atoms with Crippen LogP contribution in [0.25, 0.3) is 0 Å². The summed E-state index contributed by atoms with van der Waals surface area (Å²) in [7, 11) is 0. The second kappa shape index (κ2) is 5.31. The largest absolute Gasteiger partial charge is 0.461 e. The van der Waals surface area contributed by atoms with Gasteiger partial charge >= 0.3 is 5.97 Å². The number of halogens is 2. The molecule has 1 aliphatic carbocycles. The monoisotopic (exact) mass is 249 g/mol. The Hall–Kier alpha value is -1.37. The number of alkyl halides is 2. The summed E-state index contributed by atoms with van der Waals surface area (Å²) in [5.41, 5.74) is 5.13. The van der Waals surface area contributed by atoms with Gasteiger partial charge < -0.3 is 15.5 Å². The van der Waals surface area contributed by atoms with Crippen molar-refractivity contribution >= 4 is 5.97 Å². The van der Waals surface area contributed by atoms with E-state index in [1.807, 2.05) is 0 Å². The molecule has 0 spiro atoms. The molecule has 4 N–H and O–H groups in total. The molecule has 0 radical (unpaired) electrons. The highest BCUT2D eigenvalue weighted by Crippen LogP contribution is 2.43. The number of hydrogen-bond donors (Lipinski definition) is 2. The molecular weight excluding hydrogens is 232 g/mol. The molecule has 7 heteroatoms. The molecule has 17 heavy (non-hydrogen) atoms. The molecule has 0 saturated heterocycles. The van der Waals surface area contributed by atoms with Crippen molar-refractivity contribution in [3.8, 4) is 0 Å². The smallest absolute Gasteiger partial charge is 0.357 e. The van der Waals surface area contributed by atoms with E-state index in [4.69, 9.17) is 16.3 Å².